The number of amides is 1. The van der Waals surface area contributed by atoms with E-state index in [0.717, 1.165) is 10.2 Å². The van der Waals surface area contributed by atoms with Gasteiger partial charge in [-0.2, -0.15) is 5.10 Å². The van der Waals surface area contributed by atoms with Crippen molar-refractivity contribution in [2.45, 2.75) is 31.5 Å². The summed E-state index contributed by atoms with van der Waals surface area (Å²) in [5.41, 5.74) is 3.06. The number of aliphatic hydroxyl groups excluding tert-OH is 1. The van der Waals surface area contributed by atoms with Gasteiger partial charge in [0, 0.05) is 54.2 Å². The van der Waals surface area contributed by atoms with Gasteiger partial charge < -0.3 is 25.2 Å². The highest BCUT2D eigenvalue weighted by atomic mass is 35.5. The number of rotatable bonds is 8. The number of nitrogens with one attached hydrogen (secondary N) is 2. The normalized spacial score (nSPS) is 17.3. The van der Waals surface area contributed by atoms with Crippen LogP contribution < -0.4 is 20.9 Å². The van der Waals surface area contributed by atoms with E-state index in [0.29, 0.717) is 58.6 Å². The lowest BCUT2D eigenvalue weighted by Gasteiger charge is -2.31. The van der Waals surface area contributed by atoms with E-state index < -0.39 is 17.6 Å². The number of ether oxygens (including phenoxy) is 2. The van der Waals surface area contributed by atoms with Gasteiger partial charge in [-0.15, -0.1) is 0 Å². The Morgan fingerprint density at radius 3 is 2.56 bits per heavy atom. The predicted molar refractivity (Wildman–Crippen MR) is 166 cm³/mol. The minimum atomic E-state index is -0.603. The first-order valence-electron chi connectivity index (χ1n) is 13.7. The molecule has 3 N–H and O–H groups in total. The maximum atomic E-state index is 12.9. The Kier molecular flexibility index (Phi) is 9.43. The van der Waals surface area contributed by atoms with Gasteiger partial charge in [0.1, 0.15) is 5.56 Å². The van der Waals surface area contributed by atoms with Gasteiger partial charge in [0.05, 0.1) is 41.2 Å². The zero-order chi connectivity index (χ0) is 30.7. The van der Waals surface area contributed by atoms with Crippen LogP contribution in [-0.4, -0.2) is 58.2 Å². The highest BCUT2D eigenvalue weighted by Crippen LogP contribution is 2.41. The molecule has 0 spiro atoms. The van der Waals surface area contributed by atoms with E-state index in [9.17, 15) is 14.7 Å². The van der Waals surface area contributed by atoms with Crippen LogP contribution in [0.5, 0.6) is 5.88 Å². The van der Waals surface area contributed by atoms with Gasteiger partial charge in [0.2, 0.25) is 5.88 Å². The Hall–Kier alpha value is -3.80. The number of halogens is 2. The number of methoxy groups -OCH3 is 1. The van der Waals surface area contributed by atoms with Gasteiger partial charge in [0.25, 0.3) is 11.5 Å². The summed E-state index contributed by atoms with van der Waals surface area (Å²) in [6.45, 7) is 2.89. The van der Waals surface area contributed by atoms with Crippen molar-refractivity contribution in [2.24, 2.45) is 7.05 Å². The standard InChI is InChI=1S/C31H31Cl2N5O5/c1-17(35-24-13-15-43-16-26(24)39)18-10-11-23(37-30(18)42-3)21-8-4-6-19(27(21)32)20-7-5-9-25(28(20)33)36-29(40)22-12-14-34-38(2)31(22)41/h4-12,14,17,24,26,35,39H,13,15-16H2,1-3H3,(H,36,40). The van der Waals surface area contributed by atoms with Crippen molar-refractivity contribution < 1.29 is 19.4 Å². The van der Waals surface area contributed by atoms with E-state index in [1.165, 1.54) is 19.3 Å². The molecule has 1 amide bonds. The second-order valence-corrected chi connectivity index (χ2v) is 10.9. The van der Waals surface area contributed by atoms with Gasteiger partial charge in [-0.05, 0) is 37.6 Å². The third-order valence-corrected chi connectivity index (χ3v) is 8.22. The predicted octanol–water partition coefficient (Wildman–Crippen LogP) is 4.88. The van der Waals surface area contributed by atoms with Gasteiger partial charge >= 0.3 is 0 Å². The number of benzene rings is 2. The maximum absolute atomic E-state index is 12.9. The van der Waals surface area contributed by atoms with Gasteiger partial charge in [-0.1, -0.05) is 53.5 Å². The number of hydrogen-bond acceptors (Lipinski definition) is 8. The van der Waals surface area contributed by atoms with E-state index in [4.69, 9.17) is 37.7 Å². The lowest BCUT2D eigenvalue weighted by molar-refractivity contribution is -0.0300. The van der Waals surface area contributed by atoms with Crippen molar-refractivity contribution in [1.82, 2.24) is 20.1 Å². The van der Waals surface area contributed by atoms with Crippen LogP contribution in [0.2, 0.25) is 10.0 Å². The van der Waals surface area contributed by atoms with Crippen LogP contribution in [0.15, 0.2) is 65.6 Å². The molecule has 1 saturated heterocycles. The molecule has 3 atom stereocenters. The van der Waals surface area contributed by atoms with E-state index >= 15 is 0 Å². The highest BCUT2D eigenvalue weighted by Gasteiger charge is 2.27. The van der Waals surface area contributed by atoms with Crippen molar-refractivity contribution in [1.29, 1.82) is 0 Å². The number of anilines is 1. The molecule has 3 heterocycles. The zero-order valence-corrected chi connectivity index (χ0v) is 25.3. The number of aryl methyl sites for hydroxylation is 1. The minimum Gasteiger partial charge on any atom is -0.481 e. The van der Waals surface area contributed by atoms with Crippen LogP contribution in [0, 0.1) is 0 Å². The SMILES string of the molecule is COc1nc(-c2cccc(-c3cccc(NC(=O)c4ccnn(C)c4=O)c3Cl)c2Cl)ccc1C(C)NC1CCOCC1O. The fourth-order valence-corrected chi connectivity index (χ4v) is 5.66. The summed E-state index contributed by atoms with van der Waals surface area (Å²) in [5, 5.41) is 21.0. The third-order valence-electron chi connectivity index (χ3n) is 7.40. The Labute approximate surface area is 258 Å². The van der Waals surface area contributed by atoms with E-state index in [2.05, 4.69) is 15.7 Å². The summed E-state index contributed by atoms with van der Waals surface area (Å²) >= 11 is 13.7. The first-order chi connectivity index (χ1) is 20.7. The van der Waals surface area contributed by atoms with Crippen molar-refractivity contribution in [3.05, 3.63) is 92.3 Å². The summed E-state index contributed by atoms with van der Waals surface area (Å²) < 4.78 is 12.1. The molecule has 5 rings (SSSR count). The molecule has 3 unspecified atom stereocenters. The molecule has 1 aliphatic heterocycles. The quantitative estimate of drug-likeness (QED) is 0.253. The van der Waals surface area contributed by atoms with Crippen LogP contribution in [0.4, 0.5) is 5.69 Å². The molecule has 1 aliphatic rings. The number of carbonyl (C=O) groups excluding carboxylic acids is 1. The van der Waals surface area contributed by atoms with Crippen molar-refractivity contribution in [2.75, 3.05) is 25.6 Å². The monoisotopic (exact) mass is 623 g/mol. The largest absolute Gasteiger partial charge is 0.481 e. The molecular formula is C31H31Cl2N5O5. The Morgan fingerprint density at radius 1 is 1.09 bits per heavy atom. The van der Waals surface area contributed by atoms with Crippen molar-refractivity contribution in [3.63, 3.8) is 0 Å². The molecule has 0 aliphatic carbocycles. The summed E-state index contributed by atoms with van der Waals surface area (Å²) in [4.78, 5) is 30.0. The topological polar surface area (TPSA) is 128 Å². The van der Waals surface area contributed by atoms with Crippen LogP contribution in [0.25, 0.3) is 22.4 Å². The molecule has 4 aromatic rings. The summed E-state index contributed by atoms with van der Waals surface area (Å²) in [6.07, 6.45) is 1.50. The van der Waals surface area contributed by atoms with E-state index in [-0.39, 0.29) is 22.7 Å². The first-order valence-corrected chi connectivity index (χ1v) is 14.4. The number of pyridine rings is 1. The molecule has 1 fully saturated rings. The highest BCUT2D eigenvalue weighted by molar-refractivity contribution is 6.39. The second kappa shape index (κ2) is 13.2. The van der Waals surface area contributed by atoms with E-state index in [1.807, 2.05) is 37.3 Å². The number of aliphatic hydroxyl groups is 1. The lowest BCUT2D eigenvalue weighted by atomic mass is 9.99. The molecule has 12 heteroatoms. The summed E-state index contributed by atoms with van der Waals surface area (Å²) in [6, 6.07) is 15.6. The lowest BCUT2D eigenvalue weighted by Crippen LogP contribution is -2.47. The average Bonchev–Trinajstić information content (AvgIpc) is 3.00. The first kappa shape index (κ1) is 30.7. The molecule has 0 bridgehead atoms. The van der Waals surface area contributed by atoms with E-state index in [1.54, 1.807) is 25.3 Å². The summed E-state index contributed by atoms with van der Waals surface area (Å²) in [7, 11) is 3.03. The van der Waals surface area contributed by atoms with Crippen LogP contribution >= 0.6 is 23.2 Å². The smallest absolute Gasteiger partial charge is 0.279 e. The Morgan fingerprint density at radius 2 is 1.81 bits per heavy atom. The molecule has 2 aromatic heterocycles. The van der Waals surface area contributed by atoms with Gasteiger partial charge in [0.15, 0.2) is 0 Å². The molecule has 43 heavy (non-hydrogen) atoms. The Balaban J connectivity index is 1.43. The molecule has 10 nitrogen and oxygen atoms in total. The Bertz CT molecular complexity index is 1710. The zero-order valence-electron chi connectivity index (χ0n) is 23.8. The van der Waals surface area contributed by atoms with Gasteiger partial charge in [-0.25, -0.2) is 9.67 Å². The molecule has 0 saturated carbocycles. The number of hydrogen-bond donors (Lipinski definition) is 3. The van der Waals surface area contributed by atoms with Crippen LogP contribution in [0.3, 0.4) is 0 Å². The summed E-state index contributed by atoms with van der Waals surface area (Å²) in [5.74, 6) is -0.168. The second-order valence-electron chi connectivity index (χ2n) is 10.2. The van der Waals surface area contributed by atoms with Crippen LogP contribution in [-0.2, 0) is 11.8 Å². The number of aromatic nitrogens is 3. The maximum Gasteiger partial charge on any atom is 0.279 e. The molecule has 0 radical (unpaired) electrons. The molecular weight excluding hydrogens is 593 g/mol. The van der Waals surface area contributed by atoms with Crippen LogP contribution in [0.1, 0.15) is 35.3 Å². The van der Waals surface area contributed by atoms with Crippen molar-refractivity contribution >= 4 is 34.8 Å². The minimum absolute atomic E-state index is 0.0593. The molecule has 224 valence electrons. The average molecular weight is 625 g/mol. The van der Waals surface area contributed by atoms with Gasteiger partial charge in [-0.3, -0.25) is 9.59 Å². The number of nitrogens with zero attached hydrogens (tertiary/aromatic N) is 3. The number of carbonyl (C=O) groups is 1. The molecule has 2 aromatic carbocycles. The van der Waals surface area contributed by atoms with Crippen molar-refractivity contribution in [3.8, 4) is 28.3 Å². The fourth-order valence-electron chi connectivity index (χ4n) is 5.07. The fraction of sp³-hybridized carbons (Fsp3) is 0.290. The third kappa shape index (κ3) is 6.43.